The normalized spacial score (nSPS) is 35.2. The Morgan fingerprint density at radius 3 is 2.42 bits per heavy atom. The Hall–Kier alpha value is -0.650. The van der Waals surface area contributed by atoms with Gasteiger partial charge in [0.15, 0.2) is 0 Å². The maximum Gasteiger partial charge on any atom is 0.233 e. The van der Waals surface area contributed by atoms with Crippen LogP contribution in [0.3, 0.4) is 0 Å². The van der Waals surface area contributed by atoms with E-state index in [4.69, 9.17) is 9.47 Å². The first-order valence-corrected chi connectivity index (χ1v) is 7.32. The van der Waals surface area contributed by atoms with Gasteiger partial charge in [0.25, 0.3) is 0 Å². The summed E-state index contributed by atoms with van der Waals surface area (Å²) in [5.74, 6) is 0.280. The highest BCUT2D eigenvalue weighted by molar-refractivity contribution is 5.84. The second-order valence-corrected chi connectivity index (χ2v) is 6.30. The van der Waals surface area contributed by atoms with E-state index in [9.17, 15) is 4.79 Å². The van der Waals surface area contributed by atoms with Gasteiger partial charge in [-0.05, 0) is 20.3 Å². The molecule has 0 spiro atoms. The van der Waals surface area contributed by atoms with Crippen LogP contribution in [0, 0.1) is 5.41 Å². The lowest BCUT2D eigenvalue weighted by atomic mass is 9.86. The van der Waals surface area contributed by atoms with Crippen molar-refractivity contribution in [2.75, 3.05) is 46.1 Å². The number of hydrogen-bond donors (Lipinski definition) is 0. The third-order valence-corrected chi connectivity index (χ3v) is 4.85. The van der Waals surface area contributed by atoms with Crippen molar-refractivity contribution < 1.29 is 14.3 Å². The quantitative estimate of drug-likeness (QED) is 0.724. The van der Waals surface area contributed by atoms with E-state index in [-0.39, 0.29) is 11.3 Å². The van der Waals surface area contributed by atoms with Crippen molar-refractivity contribution in [1.29, 1.82) is 0 Å². The fraction of sp³-hybridized carbons (Fsp3) is 0.929. The van der Waals surface area contributed by atoms with Crippen molar-refractivity contribution in [2.24, 2.45) is 5.41 Å². The van der Waals surface area contributed by atoms with Gasteiger partial charge >= 0.3 is 0 Å². The van der Waals surface area contributed by atoms with Gasteiger partial charge in [0.2, 0.25) is 5.91 Å². The molecular formula is C14H24N2O3. The molecule has 5 heteroatoms. The van der Waals surface area contributed by atoms with Crippen LogP contribution in [0.2, 0.25) is 0 Å². The first-order valence-electron chi connectivity index (χ1n) is 7.32. The zero-order valence-electron chi connectivity index (χ0n) is 11.9. The molecule has 0 N–H and O–H groups in total. The lowest BCUT2D eigenvalue weighted by Gasteiger charge is -2.42. The van der Waals surface area contributed by atoms with Gasteiger partial charge in [-0.15, -0.1) is 0 Å². The summed E-state index contributed by atoms with van der Waals surface area (Å²) in [5, 5.41) is 0. The number of amides is 1. The van der Waals surface area contributed by atoms with Crippen LogP contribution in [-0.4, -0.2) is 73.9 Å². The fourth-order valence-electron chi connectivity index (χ4n) is 3.49. The number of morpholine rings is 1. The Bertz CT molecular complexity index is 351. The number of likely N-dealkylation sites (tertiary alicyclic amines) is 1. The Labute approximate surface area is 114 Å². The number of nitrogens with zero attached hydrogens (tertiary/aromatic N) is 2. The van der Waals surface area contributed by atoms with Crippen LogP contribution < -0.4 is 0 Å². The number of rotatable bonds is 2. The van der Waals surface area contributed by atoms with E-state index in [1.54, 1.807) is 0 Å². The average molecular weight is 268 g/mol. The standard InChI is InChI=1S/C14H24N2O3/c1-11-12(15-5-7-18-8-6-15)3-4-16(11)13(17)14(2)9-19-10-14/h11-12H,3-10H2,1-2H3/t11-,12-/m1/s1. The van der Waals surface area contributed by atoms with Crippen molar-refractivity contribution in [3.63, 3.8) is 0 Å². The molecule has 3 rings (SSSR count). The molecule has 2 atom stereocenters. The van der Waals surface area contributed by atoms with E-state index in [2.05, 4.69) is 16.7 Å². The molecule has 3 fully saturated rings. The zero-order valence-corrected chi connectivity index (χ0v) is 11.9. The summed E-state index contributed by atoms with van der Waals surface area (Å²) in [4.78, 5) is 17.2. The van der Waals surface area contributed by atoms with Gasteiger partial charge in [-0.1, -0.05) is 0 Å². The molecule has 19 heavy (non-hydrogen) atoms. The Morgan fingerprint density at radius 2 is 1.84 bits per heavy atom. The van der Waals surface area contributed by atoms with Crippen LogP contribution in [0.15, 0.2) is 0 Å². The smallest absolute Gasteiger partial charge is 0.233 e. The minimum atomic E-state index is -0.270. The minimum absolute atomic E-state index is 0.270. The van der Waals surface area contributed by atoms with E-state index in [1.165, 1.54) is 0 Å². The molecule has 5 nitrogen and oxygen atoms in total. The van der Waals surface area contributed by atoms with E-state index >= 15 is 0 Å². The van der Waals surface area contributed by atoms with E-state index in [0.717, 1.165) is 39.3 Å². The minimum Gasteiger partial charge on any atom is -0.379 e. The highest BCUT2D eigenvalue weighted by atomic mass is 16.5. The van der Waals surface area contributed by atoms with E-state index in [0.29, 0.717) is 25.3 Å². The highest BCUT2D eigenvalue weighted by Gasteiger charge is 2.48. The summed E-state index contributed by atoms with van der Waals surface area (Å²) in [6.45, 7) is 9.90. The number of hydrogen-bond acceptors (Lipinski definition) is 4. The SMILES string of the molecule is C[C@@H]1[C@H](N2CCOCC2)CCN1C(=O)C1(C)COC1. The third-order valence-electron chi connectivity index (χ3n) is 4.85. The third kappa shape index (κ3) is 2.28. The molecule has 0 bridgehead atoms. The van der Waals surface area contributed by atoms with Crippen molar-refractivity contribution in [3.8, 4) is 0 Å². The number of carbonyl (C=O) groups is 1. The van der Waals surface area contributed by atoms with Crippen LogP contribution in [0.4, 0.5) is 0 Å². The van der Waals surface area contributed by atoms with Crippen LogP contribution in [0.5, 0.6) is 0 Å². The van der Waals surface area contributed by atoms with E-state index in [1.807, 2.05) is 6.92 Å². The molecule has 1 amide bonds. The second kappa shape index (κ2) is 5.04. The number of ether oxygens (including phenoxy) is 2. The predicted molar refractivity (Wildman–Crippen MR) is 70.9 cm³/mol. The summed E-state index contributed by atoms with van der Waals surface area (Å²) in [6.07, 6.45) is 1.09. The molecule has 0 unspecified atom stereocenters. The average Bonchev–Trinajstić information content (AvgIpc) is 2.78. The fourth-order valence-corrected chi connectivity index (χ4v) is 3.49. The molecule has 0 aliphatic carbocycles. The van der Waals surface area contributed by atoms with Crippen molar-refractivity contribution in [2.45, 2.75) is 32.4 Å². The molecule has 3 saturated heterocycles. The summed E-state index contributed by atoms with van der Waals surface area (Å²) in [6, 6.07) is 0.806. The molecule has 108 valence electrons. The Balaban J connectivity index is 1.64. The summed E-state index contributed by atoms with van der Waals surface area (Å²) < 4.78 is 10.6. The van der Waals surface area contributed by atoms with Gasteiger partial charge in [-0.2, -0.15) is 0 Å². The van der Waals surface area contributed by atoms with Crippen molar-refractivity contribution >= 4 is 5.91 Å². The monoisotopic (exact) mass is 268 g/mol. The summed E-state index contributed by atoms with van der Waals surface area (Å²) in [5.41, 5.74) is -0.270. The summed E-state index contributed by atoms with van der Waals surface area (Å²) in [7, 11) is 0. The molecule has 0 aromatic rings. The Kier molecular flexibility index (Phi) is 3.53. The topological polar surface area (TPSA) is 42.0 Å². The Morgan fingerprint density at radius 1 is 1.16 bits per heavy atom. The molecule has 3 heterocycles. The largest absolute Gasteiger partial charge is 0.379 e. The van der Waals surface area contributed by atoms with E-state index < -0.39 is 0 Å². The second-order valence-electron chi connectivity index (χ2n) is 6.30. The lowest BCUT2D eigenvalue weighted by Crippen LogP contribution is -2.56. The van der Waals surface area contributed by atoms with Gasteiger partial charge < -0.3 is 14.4 Å². The maximum atomic E-state index is 12.6. The summed E-state index contributed by atoms with van der Waals surface area (Å²) >= 11 is 0. The molecule has 3 aliphatic rings. The van der Waals surface area contributed by atoms with Crippen LogP contribution in [0.25, 0.3) is 0 Å². The van der Waals surface area contributed by atoms with Gasteiger partial charge in [-0.25, -0.2) is 0 Å². The predicted octanol–water partition coefficient (Wildman–Crippen LogP) is 0.345. The number of carbonyl (C=O) groups excluding carboxylic acids is 1. The first kappa shape index (κ1) is 13.3. The maximum absolute atomic E-state index is 12.6. The molecule has 0 aromatic heterocycles. The molecule has 0 saturated carbocycles. The molecule has 3 aliphatic heterocycles. The van der Waals surface area contributed by atoms with Crippen molar-refractivity contribution in [3.05, 3.63) is 0 Å². The molecular weight excluding hydrogens is 244 g/mol. The van der Waals surface area contributed by atoms with Crippen LogP contribution in [-0.2, 0) is 14.3 Å². The molecule has 0 aromatic carbocycles. The zero-order chi connectivity index (χ0) is 13.5. The van der Waals surface area contributed by atoms with Gasteiger partial charge in [0.05, 0.1) is 31.8 Å². The van der Waals surface area contributed by atoms with Crippen molar-refractivity contribution in [1.82, 2.24) is 9.80 Å². The lowest BCUT2D eigenvalue weighted by molar-refractivity contribution is -0.169. The highest BCUT2D eigenvalue weighted by Crippen LogP contribution is 2.33. The first-order chi connectivity index (χ1) is 9.12. The molecule has 0 radical (unpaired) electrons. The van der Waals surface area contributed by atoms with Crippen LogP contribution >= 0.6 is 0 Å². The van der Waals surface area contributed by atoms with Gasteiger partial charge in [0.1, 0.15) is 0 Å². The van der Waals surface area contributed by atoms with Crippen LogP contribution in [0.1, 0.15) is 20.3 Å². The van der Waals surface area contributed by atoms with Gasteiger partial charge in [-0.3, -0.25) is 9.69 Å². The van der Waals surface area contributed by atoms with Gasteiger partial charge in [0, 0.05) is 31.7 Å².